The molecule has 2 atom stereocenters. The number of fused-ring (bicyclic) bond motifs is 1. The Kier molecular flexibility index (Phi) is 3.60. The van der Waals surface area contributed by atoms with Gasteiger partial charge in [0.15, 0.2) is 0 Å². The highest BCUT2D eigenvalue weighted by Crippen LogP contribution is 2.25. The lowest BCUT2D eigenvalue weighted by Gasteiger charge is -2.29. The highest BCUT2D eigenvalue weighted by molar-refractivity contribution is 5.90. The summed E-state index contributed by atoms with van der Waals surface area (Å²) in [4.78, 5) is 0. The van der Waals surface area contributed by atoms with Gasteiger partial charge in [0.1, 0.15) is 0 Å². The molecule has 1 aromatic carbocycles. The highest BCUT2D eigenvalue weighted by atomic mass is 15.1. The highest BCUT2D eigenvalue weighted by Gasteiger charge is 2.21. The summed E-state index contributed by atoms with van der Waals surface area (Å²) in [5.41, 5.74) is 8.18. The Balaban J connectivity index is 1.74. The smallest absolute Gasteiger partial charge is 0.0950 e. The van der Waals surface area contributed by atoms with E-state index in [0.717, 1.165) is 29.6 Å². The van der Waals surface area contributed by atoms with E-state index in [0.29, 0.717) is 12.0 Å². The van der Waals surface area contributed by atoms with Gasteiger partial charge in [0.2, 0.25) is 0 Å². The average molecular weight is 256 g/mol. The largest absolute Gasteiger partial charge is 0.383 e. The van der Waals surface area contributed by atoms with E-state index in [4.69, 9.17) is 5.73 Å². The Morgan fingerprint density at radius 3 is 2.95 bits per heavy atom. The zero-order chi connectivity index (χ0) is 13.1. The molecule has 0 spiro atoms. The zero-order valence-electron chi connectivity index (χ0n) is 11.0. The maximum absolute atomic E-state index is 6.19. The first kappa shape index (κ1) is 12.4. The van der Waals surface area contributed by atoms with Gasteiger partial charge in [-0.05, 0) is 24.8 Å². The molecule has 1 aromatic heterocycles. The predicted molar refractivity (Wildman–Crippen MR) is 78.0 cm³/mol. The van der Waals surface area contributed by atoms with Crippen LogP contribution < -0.4 is 11.1 Å². The van der Waals surface area contributed by atoms with Crippen molar-refractivity contribution in [1.82, 2.24) is 10.2 Å². The molecule has 4 heteroatoms. The number of nitrogens with two attached hydrogens (primary N) is 1. The van der Waals surface area contributed by atoms with Crippen LogP contribution in [0.3, 0.4) is 0 Å². The third kappa shape index (κ3) is 2.68. The molecule has 0 bridgehead atoms. The monoisotopic (exact) mass is 256 g/mol. The second-order valence-electron chi connectivity index (χ2n) is 5.36. The normalized spacial score (nSPS) is 23.4. The summed E-state index contributed by atoms with van der Waals surface area (Å²) in [6, 6.07) is 8.41. The molecule has 1 aliphatic carbocycles. The van der Waals surface area contributed by atoms with E-state index < -0.39 is 0 Å². The van der Waals surface area contributed by atoms with Gasteiger partial charge in [0.05, 0.1) is 17.4 Å². The summed E-state index contributed by atoms with van der Waals surface area (Å²) in [6.45, 7) is 0.927. The van der Waals surface area contributed by atoms with Gasteiger partial charge < -0.3 is 11.1 Å². The van der Waals surface area contributed by atoms with Gasteiger partial charge in [-0.25, -0.2) is 0 Å². The predicted octanol–water partition coefficient (Wildman–Crippen LogP) is 2.56. The van der Waals surface area contributed by atoms with Crippen LogP contribution in [0.5, 0.6) is 0 Å². The second-order valence-corrected chi connectivity index (χ2v) is 5.36. The van der Waals surface area contributed by atoms with E-state index in [-0.39, 0.29) is 0 Å². The number of anilines is 1. The first-order valence-corrected chi connectivity index (χ1v) is 7.04. The van der Waals surface area contributed by atoms with Gasteiger partial charge in [-0.1, -0.05) is 31.0 Å². The van der Waals surface area contributed by atoms with Crippen LogP contribution in [0.4, 0.5) is 5.69 Å². The number of aromatic nitrogens is 2. The third-order valence-electron chi connectivity index (χ3n) is 4.07. The molecule has 0 saturated heterocycles. The Morgan fingerprint density at radius 1 is 1.21 bits per heavy atom. The SMILES string of the molecule is NC1CCCCC1CNc1cnnc2ccccc12. The van der Waals surface area contributed by atoms with Crippen molar-refractivity contribution >= 4 is 16.6 Å². The topological polar surface area (TPSA) is 63.8 Å². The van der Waals surface area contributed by atoms with Gasteiger partial charge in [-0.15, -0.1) is 0 Å². The molecular weight excluding hydrogens is 236 g/mol. The van der Waals surface area contributed by atoms with Crippen molar-refractivity contribution in [2.75, 3.05) is 11.9 Å². The standard InChI is InChI=1S/C15H20N4/c16-13-7-3-1-5-11(13)9-17-15-10-18-19-14-8-4-2-6-12(14)15/h2,4,6,8,10-11,13H,1,3,5,7,9,16H2,(H,17,19). The summed E-state index contributed by atoms with van der Waals surface area (Å²) in [5.74, 6) is 0.570. The summed E-state index contributed by atoms with van der Waals surface area (Å²) in [6.07, 6.45) is 6.76. The van der Waals surface area contributed by atoms with Crippen molar-refractivity contribution in [3.05, 3.63) is 30.5 Å². The van der Waals surface area contributed by atoms with E-state index in [9.17, 15) is 0 Å². The summed E-state index contributed by atoms with van der Waals surface area (Å²) in [5, 5.41) is 12.8. The molecule has 1 aliphatic rings. The number of benzene rings is 1. The first-order valence-electron chi connectivity index (χ1n) is 7.04. The van der Waals surface area contributed by atoms with Crippen LogP contribution in [0.2, 0.25) is 0 Å². The van der Waals surface area contributed by atoms with Gasteiger partial charge in [-0.3, -0.25) is 0 Å². The Morgan fingerprint density at radius 2 is 2.05 bits per heavy atom. The molecular formula is C15H20N4. The van der Waals surface area contributed by atoms with Crippen LogP contribution >= 0.6 is 0 Å². The summed E-state index contributed by atoms with van der Waals surface area (Å²) < 4.78 is 0. The number of nitrogens with zero attached hydrogens (tertiary/aromatic N) is 2. The molecule has 0 aliphatic heterocycles. The molecule has 19 heavy (non-hydrogen) atoms. The summed E-state index contributed by atoms with van der Waals surface area (Å²) >= 11 is 0. The molecule has 0 amide bonds. The van der Waals surface area contributed by atoms with Crippen LogP contribution in [0.15, 0.2) is 30.5 Å². The quantitative estimate of drug-likeness (QED) is 0.886. The second kappa shape index (κ2) is 5.53. The van der Waals surface area contributed by atoms with Crippen molar-refractivity contribution < 1.29 is 0 Å². The Hall–Kier alpha value is -1.68. The molecule has 3 rings (SSSR count). The lowest BCUT2D eigenvalue weighted by Crippen LogP contribution is -2.37. The van der Waals surface area contributed by atoms with Crippen LogP contribution in [0.1, 0.15) is 25.7 Å². The summed E-state index contributed by atoms with van der Waals surface area (Å²) in [7, 11) is 0. The van der Waals surface area contributed by atoms with Gasteiger partial charge >= 0.3 is 0 Å². The molecule has 1 fully saturated rings. The maximum Gasteiger partial charge on any atom is 0.0950 e. The molecule has 1 saturated carbocycles. The van der Waals surface area contributed by atoms with E-state index in [1.54, 1.807) is 6.20 Å². The fourth-order valence-electron chi connectivity index (χ4n) is 2.88. The van der Waals surface area contributed by atoms with Crippen LogP contribution in [-0.2, 0) is 0 Å². The number of nitrogens with one attached hydrogen (secondary N) is 1. The minimum atomic E-state index is 0.335. The number of hydrogen-bond donors (Lipinski definition) is 2. The number of hydrogen-bond acceptors (Lipinski definition) is 4. The molecule has 3 N–H and O–H groups in total. The minimum absolute atomic E-state index is 0.335. The molecule has 2 aromatic rings. The third-order valence-corrected chi connectivity index (χ3v) is 4.07. The molecule has 100 valence electrons. The van der Waals surface area contributed by atoms with E-state index >= 15 is 0 Å². The van der Waals surface area contributed by atoms with E-state index in [1.807, 2.05) is 18.2 Å². The Labute approximate surface area is 113 Å². The first-order chi connectivity index (χ1) is 9.34. The molecule has 2 unspecified atom stereocenters. The average Bonchev–Trinajstić information content (AvgIpc) is 2.46. The van der Waals surface area contributed by atoms with E-state index in [2.05, 4.69) is 21.6 Å². The van der Waals surface area contributed by atoms with Gasteiger partial charge in [0.25, 0.3) is 0 Å². The zero-order valence-corrected chi connectivity index (χ0v) is 11.0. The minimum Gasteiger partial charge on any atom is -0.383 e. The lowest BCUT2D eigenvalue weighted by molar-refractivity contribution is 0.321. The van der Waals surface area contributed by atoms with Crippen LogP contribution in [0.25, 0.3) is 10.9 Å². The Bertz CT molecular complexity index is 549. The lowest BCUT2D eigenvalue weighted by atomic mass is 9.85. The maximum atomic E-state index is 6.19. The van der Waals surface area contributed by atoms with Crippen molar-refractivity contribution in [3.63, 3.8) is 0 Å². The van der Waals surface area contributed by atoms with Crippen LogP contribution in [-0.4, -0.2) is 22.8 Å². The fraction of sp³-hybridized carbons (Fsp3) is 0.467. The van der Waals surface area contributed by atoms with E-state index in [1.165, 1.54) is 19.3 Å². The van der Waals surface area contributed by atoms with Crippen LogP contribution in [0, 0.1) is 5.92 Å². The van der Waals surface area contributed by atoms with Crippen molar-refractivity contribution in [3.8, 4) is 0 Å². The fourth-order valence-corrected chi connectivity index (χ4v) is 2.88. The molecule has 1 heterocycles. The van der Waals surface area contributed by atoms with Gasteiger partial charge in [0, 0.05) is 18.0 Å². The van der Waals surface area contributed by atoms with Crippen molar-refractivity contribution in [2.45, 2.75) is 31.7 Å². The molecule has 0 radical (unpaired) electrons. The van der Waals surface area contributed by atoms with Gasteiger partial charge in [-0.2, -0.15) is 10.2 Å². The van der Waals surface area contributed by atoms with Crippen molar-refractivity contribution in [1.29, 1.82) is 0 Å². The number of rotatable bonds is 3. The van der Waals surface area contributed by atoms with Crippen molar-refractivity contribution in [2.24, 2.45) is 11.7 Å². The molecule has 4 nitrogen and oxygen atoms in total.